The van der Waals surface area contributed by atoms with Crippen molar-refractivity contribution in [3.63, 3.8) is 0 Å². The Labute approximate surface area is 124 Å². The molecule has 6 nitrogen and oxygen atoms in total. The van der Waals surface area contributed by atoms with Crippen LogP contribution in [-0.2, 0) is 4.74 Å². The Balaban J connectivity index is 1.45. The highest BCUT2D eigenvalue weighted by molar-refractivity contribution is 5.92. The molecule has 1 saturated carbocycles. The molecule has 1 saturated heterocycles. The molecule has 0 atom stereocenters. The molecule has 0 bridgehead atoms. The monoisotopic (exact) mass is 290 g/mol. The van der Waals surface area contributed by atoms with Gasteiger partial charge in [0, 0.05) is 32.2 Å². The van der Waals surface area contributed by atoms with Gasteiger partial charge in [0.15, 0.2) is 0 Å². The highest BCUT2D eigenvalue weighted by atomic mass is 16.5. The average Bonchev–Trinajstić information content (AvgIpc) is 3.32. The zero-order valence-corrected chi connectivity index (χ0v) is 12.2. The van der Waals surface area contributed by atoms with Crippen LogP contribution in [-0.4, -0.2) is 61.2 Å². The molecule has 0 aromatic carbocycles. The third-order valence-corrected chi connectivity index (χ3v) is 3.73. The number of carbonyl (C=O) groups excluding carboxylic acids is 1. The molecule has 0 unspecified atom stereocenters. The molecule has 2 aliphatic rings. The smallest absolute Gasteiger partial charge is 0.270 e. The third kappa shape index (κ3) is 4.41. The molecule has 1 aromatic rings. The standard InChI is InChI=1S/C15H22N4O2/c20-15(16-6-7-19-8-10-21-11-9-19)13-2-1-3-14(18-13)17-12-4-5-12/h1-3,12H,4-11H2,(H,16,20)(H,17,18). The second-order valence-electron chi connectivity index (χ2n) is 5.54. The number of ether oxygens (including phenoxy) is 1. The molecule has 6 heteroatoms. The number of amides is 1. The van der Waals surface area contributed by atoms with Gasteiger partial charge in [0.1, 0.15) is 11.5 Å². The van der Waals surface area contributed by atoms with Crippen LogP contribution in [0.2, 0.25) is 0 Å². The summed E-state index contributed by atoms with van der Waals surface area (Å²) in [5.74, 6) is 0.682. The Morgan fingerprint density at radius 2 is 2.14 bits per heavy atom. The maximum Gasteiger partial charge on any atom is 0.270 e. The van der Waals surface area contributed by atoms with Crippen LogP contribution >= 0.6 is 0 Å². The highest BCUT2D eigenvalue weighted by Gasteiger charge is 2.21. The molecule has 0 spiro atoms. The first kappa shape index (κ1) is 14.3. The van der Waals surface area contributed by atoms with E-state index in [1.807, 2.05) is 12.1 Å². The fraction of sp³-hybridized carbons (Fsp3) is 0.600. The van der Waals surface area contributed by atoms with Crippen molar-refractivity contribution in [2.45, 2.75) is 18.9 Å². The Morgan fingerprint density at radius 3 is 2.90 bits per heavy atom. The fourth-order valence-corrected chi connectivity index (χ4v) is 2.32. The summed E-state index contributed by atoms with van der Waals surface area (Å²) in [5, 5.41) is 6.24. The molecule has 2 heterocycles. The summed E-state index contributed by atoms with van der Waals surface area (Å²) in [4.78, 5) is 18.8. The second kappa shape index (κ2) is 6.87. The number of rotatable bonds is 6. The number of hydrogen-bond acceptors (Lipinski definition) is 5. The van der Waals surface area contributed by atoms with Crippen molar-refractivity contribution in [2.75, 3.05) is 44.7 Å². The first-order chi connectivity index (χ1) is 10.3. The third-order valence-electron chi connectivity index (χ3n) is 3.73. The van der Waals surface area contributed by atoms with Gasteiger partial charge in [-0.15, -0.1) is 0 Å². The van der Waals surface area contributed by atoms with Crippen LogP contribution in [0, 0.1) is 0 Å². The largest absolute Gasteiger partial charge is 0.379 e. The summed E-state index contributed by atoms with van der Waals surface area (Å²) in [7, 11) is 0. The molecule has 1 aliphatic heterocycles. The van der Waals surface area contributed by atoms with E-state index in [1.165, 1.54) is 12.8 Å². The van der Waals surface area contributed by atoms with Gasteiger partial charge in [-0.25, -0.2) is 4.98 Å². The Morgan fingerprint density at radius 1 is 1.33 bits per heavy atom. The van der Waals surface area contributed by atoms with Crippen molar-refractivity contribution >= 4 is 11.7 Å². The lowest BCUT2D eigenvalue weighted by Gasteiger charge is -2.26. The van der Waals surface area contributed by atoms with Crippen molar-refractivity contribution in [3.05, 3.63) is 23.9 Å². The first-order valence-corrected chi connectivity index (χ1v) is 7.63. The van der Waals surface area contributed by atoms with Gasteiger partial charge in [-0.3, -0.25) is 9.69 Å². The molecule has 1 aliphatic carbocycles. The summed E-state index contributed by atoms with van der Waals surface area (Å²) < 4.78 is 5.30. The Kier molecular flexibility index (Phi) is 4.67. The van der Waals surface area contributed by atoms with Gasteiger partial charge in [-0.05, 0) is 25.0 Å². The highest BCUT2D eigenvalue weighted by Crippen LogP contribution is 2.23. The van der Waals surface area contributed by atoms with Gasteiger partial charge in [0.2, 0.25) is 0 Å². The second-order valence-corrected chi connectivity index (χ2v) is 5.54. The predicted molar refractivity (Wildman–Crippen MR) is 80.5 cm³/mol. The summed E-state index contributed by atoms with van der Waals surface area (Å²) in [6.45, 7) is 4.94. The van der Waals surface area contributed by atoms with E-state index in [0.29, 0.717) is 18.3 Å². The van der Waals surface area contributed by atoms with Crippen molar-refractivity contribution in [2.24, 2.45) is 0 Å². The van der Waals surface area contributed by atoms with E-state index < -0.39 is 0 Å². The van der Waals surface area contributed by atoms with Crippen LogP contribution < -0.4 is 10.6 Å². The molecule has 1 aromatic heterocycles. The lowest BCUT2D eigenvalue weighted by atomic mass is 10.3. The number of nitrogens with zero attached hydrogens (tertiary/aromatic N) is 2. The van der Waals surface area contributed by atoms with E-state index in [2.05, 4.69) is 20.5 Å². The van der Waals surface area contributed by atoms with Crippen LogP contribution in [0.25, 0.3) is 0 Å². The van der Waals surface area contributed by atoms with Crippen molar-refractivity contribution in [1.82, 2.24) is 15.2 Å². The summed E-state index contributed by atoms with van der Waals surface area (Å²) in [5.41, 5.74) is 0.475. The Bertz CT molecular complexity index is 484. The quantitative estimate of drug-likeness (QED) is 0.808. The van der Waals surface area contributed by atoms with Crippen LogP contribution in [0.5, 0.6) is 0 Å². The van der Waals surface area contributed by atoms with Crippen molar-refractivity contribution in [3.8, 4) is 0 Å². The van der Waals surface area contributed by atoms with Gasteiger partial charge >= 0.3 is 0 Å². The van der Waals surface area contributed by atoms with Gasteiger partial charge < -0.3 is 15.4 Å². The van der Waals surface area contributed by atoms with Crippen LogP contribution in [0.15, 0.2) is 18.2 Å². The molecule has 21 heavy (non-hydrogen) atoms. The summed E-state index contributed by atoms with van der Waals surface area (Å²) in [6.07, 6.45) is 2.38. The molecule has 0 radical (unpaired) electrons. The number of anilines is 1. The number of pyridine rings is 1. The SMILES string of the molecule is O=C(NCCN1CCOCC1)c1cccc(NC2CC2)n1. The molecule has 114 valence electrons. The zero-order chi connectivity index (χ0) is 14.5. The molecular weight excluding hydrogens is 268 g/mol. The van der Waals surface area contributed by atoms with E-state index in [1.54, 1.807) is 6.07 Å². The minimum Gasteiger partial charge on any atom is -0.379 e. The number of morpholine rings is 1. The lowest BCUT2D eigenvalue weighted by Crippen LogP contribution is -2.41. The zero-order valence-electron chi connectivity index (χ0n) is 12.2. The minimum absolute atomic E-state index is 0.109. The topological polar surface area (TPSA) is 66.5 Å². The lowest BCUT2D eigenvalue weighted by molar-refractivity contribution is 0.0383. The molecule has 2 fully saturated rings. The molecular formula is C15H22N4O2. The number of aromatic nitrogens is 1. The van der Waals surface area contributed by atoms with Crippen LogP contribution in [0.1, 0.15) is 23.3 Å². The predicted octanol–water partition coefficient (Wildman–Crippen LogP) is 0.718. The number of carbonyl (C=O) groups is 1. The van der Waals surface area contributed by atoms with Crippen molar-refractivity contribution < 1.29 is 9.53 Å². The van der Waals surface area contributed by atoms with Gasteiger partial charge in [-0.1, -0.05) is 6.07 Å². The number of hydrogen-bond donors (Lipinski definition) is 2. The van der Waals surface area contributed by atoms with Crippen LogP contribution in [0.4, 0.5) is 5.82 Å². The van der Waals surface area contributed by atoms with Gasteiger partial charge in [-0.2, -0.15) is 0 Å². The van der Waals surface area contributed by atoms with Crippen LogP contribution in [0.3, 0.4) is 0 Å². The molecule has 2 N–H and O–H groups in total. The first-order valence-electron chi connectivity index (χ1n) is 7.63. The van der Waals surface area contributed by atoms with E-state index in [9.17, 15) is 4.79 Å². The fourth-order valence-electron chi connectivity index (χ4n) is 2.32. The van der Waals surface area contributed by atoms with E-state index in [-0.39, 0.29) is 5.91 Å². The molecule has 3 rings (SSSR count). The van der Waals surface area contributed by atoms with Crippen molar-refractivity contribution in [1.29, 1.82) is 0 Å². The number of nitrogens with one attached hydrogen (secondary N) is 2. The van der Waals surface area contributed by atoms with E-state index in [0.717, 1.165) is 38.7 Å². The average molecular weight is 290 g/mol. The van der Waals surface area contributed by atoms with E-state index in [4.69, 9.17) is 4.74 Å². The minimum atomic E-state index is -0.109. The molecule has 1 amide bonds. The van der Waals surface area contributed by atoms with Gasteiger partial charge in [0.25, 0.3) is 5.91 Å². The van der Waals surface area contributed by atoms with Gasteiger partial charge in [0.05, 0.1) is 13.2 Å². The summed E-state index contributed by atoms with van der Waals surface area (Å²) in [6, 6.07) is 6.07. The maximum atomic E-state index is 12.1. The van der Waals surface area contributed by atoms with E-state index >= 15 is 0 Å². The Hall–Kier alpha value is -1.66. The normalized spacial score (nSPS) is 19.2. The maximum absolute atomic E-state index is 12.1. The summed E-state index contributed by atoms with van der Waals surface area (Å²) >= 11 is 0.